The maximum absolute atomic E-state index is 12.3. The van der Waals surface area contributed by atoms with Crippen molar-refractivity contribution in [2.45, 2.75) is 32.3 Å². The summed E-state index contributed by atoms with van der Waals surface area (Å²) in [7, 11) is 0. The van der Waals surface area contributed by atoms with E-state index in [2.05, 4.69) is 15.2 Å². The minimum absolute atomic E-state index is 0.243. The van der Waals surface area contributed by atoms with Gasteiger partial charge in [-0.25, -0.2) is 4.98 Å². The van der Waals surface area contributed by atoms with Gasteiger partial charge in [-0.05, 0) is 50.5 Å². The highest BCUT2D eigenvalue weighted by Crippen LogP contribution is 2.24. The predicted molar refractivity (Wildman–Crippen MR) is 100 cm³/mol. The molecule has 2 aromatic rings. The zero-order valence-electron chi connectivity index (χ0n) is 14.2. The second kappa shape index (κ2) is 8.21. The van der Waals surface area contributed by atoms with Gasteiger partial charge >= 0.3 is 0 Å². The molecule has 6 heteroatoms. The maximum atomic E-state index is 12.3. The summed E-state index contributed by atoms with van der Waals surface area (Å²) in [6.45, 7) is 3.77. The molecule has 0 unspecified atom stereocenters. The van der Waals surface area contributed by atoms with Gasteiger partial charge < -0.3 is 15.0 Å². The number of halogens is 1. The Hall–Kier alpha value is -2.27. The SMILES string of the molecule is C[C@@H](Oc1ccccc1Cl)C(=O)Nc1ccc(N2CCCCC2)nc1. The Morgan fingerprint density at radius 3 is 2.64 bits per heavy atom. The van der Waals surface area contributed by atoms with Gasteiger partial charge in [0.15, 0.2) is 6.10 Å². The van der Waals surface area contributed by atoms with E-state index in [0.717, 1.165) is 18.9 Å². The third-order valence-electron chi connectivity index (χ3n) is 4.21. The number of ether oxygens (including phenoxy) is 1. The molecule has 1 N–H and O–H groups in total. The fourth-order valence-corrected chi connectivity index (χ4v) is 2.98. The van der Waals surface area contributed by atoms with Gasteiger partial charge in [0, 0.05) is 13.1 Å². The fraction of sp³-hybridized carbons (Fsp3) is 0.368. The van der Waals surface area contributed by atoms with E-state index in [9.17, 15) is 4.79 Å². The molecule has 25 heavy (non-hydrogen) atoms. The summed E-state index contributed by atoms with van der Waals surface area (Å²) in [5.74, 6) is 1.20. The van der Waals surface area contributed by atoms with Crippen LogP contribution in [-0.2, 0) is 4.79 Å². The van der Waals surface area contributed by atoms with Crippen LogP contribution >= 0.6 is 11.6 Å². The Labute approximate surface area is 153 Å². The van der Waals surface area contributed by atoms with Crippen LogP contribution in [0.2, 0.25) is 5.02 Å². The van der Waals surface area contributed by atoms with Crippen LogP contribution in [0.15, 0.2) is 42.6 Å². The standard InChI is InChI=1S/C19H22ClN3O2/c1-14(25-17-8-4-3-7-16(17)20)19(24)22-15-9-10-18(21-13-15)23-11-5-2-6-12-23/h3-4,7-10,13-14H,2,5-6,11-12H2,1H3,(H,22,24)/t14-/m1/s1. The van der Waals surface area contributed by atoms with Gasteiger partial charge in [-0.3, -0.25) is 4.79 Å². The molecule has 1 atom stereocenters. The Morgan fingerprint density at radius 1 is 1.20 bits per heavy atom. The van der Waals surface area contributed by atoms with Crippen molar-refractivity contribution in [2.24, 2.45) is 0 Å². The number of nitrogens with zero attached hydrogens (tertiary/aromatic N) is 2. The molecular weight excluding hydrogens is 338 g/mol. The number of benzene rings is 1. The number of carbonyl (C=O) groups excluding carboxylic acids is 1. The van der Waals surface area contributed by atoms with E-state index in [0.29, 0.717) is 16.5 Å². The molecule has 0 bridgehead atoms. The minimum atomic E-state index is -0.665. The first-order chi connectivity index (χ1) is 12.1. The highest BCUT2D eigenvalue weighted by atomic mass is 35.5. The number of rotatable bonds is 5. The summed E-state index contributed by atoms with van der Waals surface area (Å²) >= 11 is 6.05. The highest BCUT2D eigenvalue weighted by molar-refractivity contribution is 6.32. The van der Waals surface area contributed by atoms with Crippen LogP contribution in [0.25, 0.3) is 0 Å². The predicted octanol–water partition coefficient (Wildman–Crippen LogP) is 4.13. The first-order valence-electron chi connectivity index (χ1n) is 8.56. The van der Waals surface area contributed by atoms with Gasteiger partial charge in [0.2, 0.25) is 0 Å². The van der Waals surface area contributed by atoms with Crippen molar-refractivity contribution < 1.29 is 9.53 Å². The van der Waals surface area contributed by atoms with Crippen molar-refractivity contribution in [3.8, 4) is 5.75 Å². The molecule has 1 aromatic heterocycles. The summed E-state index contributed by atoms with van der Waals surface area (Å²) < 4.78 is 5.63. The zero-order chi connectivity index (χ0) is 17.6. The monoisotopic (exact) mass is 359 g/mol. The van der Waals surface area contributed by atoms with E-state index < -0.39 is 6.10 Å². The third-order valence-corrected chi connectivity index (χ3v) is 4.52. The van der Waals surface area contributed by atoms with Crippen molar-refractivity contribution in [3.63, 3.8) is 0 Å². The first kappa shape index (κ1) is 17.5. The largest absolute Gasteiger partial charge is 0.479 e. The van der Waals surface area contributed by atoms with E-state index in [4.69, 9.17) is 16.3 Å². The smallest absolute Gasteiger partial charge is 0.265 e. The Balaban J connectivity index is 1.57. The highest BCUT2D eigenvalue weighted by Gasteiger charge is 2.17. The molecule has 132 valence electrons. The molecule has 1 aliphatic heterocycles. The van der Waals surface area contributed by atoms with Crippen LogP contribution < -0.4 is 15.0 Å². The lowest BCUT2D eigenvalue weighted by Crippen LogP contribution is -2.31. The number of hydrogen-bond acceptors (Lipinski definition) is 4. The van der Waals surface area contributed by atoms with E-state index in [-0.39, 0.29) is 5.91 Å². The van der Waals surface area contributed by atoms with Gasteiger partial charge in [-0.2, -0.15) is 0 Å². The molecule has 2 heterocycles. The Morgan fingerprint density at radius 2 is 1.96 bits per heavy atom. The van der Waals surface area contributed by atoms with E-state index in [1.807, 2.05) is 24.3 Å². The fourth-order valence-electron chi connectivity index (χ4n) is 2.80. The van der Waals surface area contributed by atoms with Crippen molar-refractivity contribution in [2.75, 3.05) is 23.3 Å². The summed E-state index contributed by atoms with van der Waals surface area (Å²) in [5, 5.41) is 3.30. The van der Waals surface area contributed by atoms with Crippen LogP contribution in [0, 0.1) is 0 Å². The van der Waals surface area contributed by atoms with Crippen molar-refractivity contribution in [1.29, 1.82) is 0 Å². The number of aromatic nitrogens is 1. The third kappa shape index (κ3) is 4.63. The molecule has 1 amide bonds. The van der Waals surface area contributed by atoms with E-state index in [1.54, 1.807) is 25.3 Å². The average Bonchev–Trinajstić information content (AvgIpc) is 2.65. The topological polar surface area (TPSA) is 54.5 Å². The number of pyridine rings is 1. The van der Waals surface area contributed by atoms with Crippen LogP contribution in [0.3, 0.4) is 0 Å². The van der Waals surface area contributed by atoms with Crippen LogP contribution in [0.5, 0.6) is 5.75 Å². The number of para-hydroxylation sites is 1. The quantitative estimate of drug-likeness (QED) is 0.872. The second-order valence-electron chi connectivity index (χ2n) is 6.13. The normalized spacial score (nSPS) is 15.5. The molecule has 1 aromatic carbocycles. The van der Waals surface area contributed by atoms with Crippen molar-refractivity contribution >= 4 is 29.0 Å². The van der Waals surface area contributed by atoms with Gasteiger partial charge in [0.1, 0.15) is 11.6 Å². The summed E-state index contributed by atoms with van der Waals surface area (Å²) in [4.78, 5) is 19.0. The molecule has 1 saturated heterocycles. The van der Waals surface area contributed by atoms with Gasteiger partial charge in [-0.15, -0.1) is 0 Å². The lowest BCUT2D eigenvalue weighted by Gasteiger charge is -2.27. The lowest BCUT2D eigenvalue weighted by molar-refractivity contribution is -0.122. The summed E-state index contributed by atoms with van der Waals surface area (Å²) in [6, 6.07) is 10.9. The number of amides is 1. The molecule has 0 radical (unpaired) electrons. The Kier molecular flexibility index (Phi) is 5.76. The summed E-state index contributed by atoms with van der Waals surface area (Å²) in [6.07, 6.45) is 4.72. The maximum Gasteiger partial charge on any atom is 0.265 e. The molecule has 5 nitrogen and oxygen atoms in total. The number of hydrogen-bond donors (Lipinski definition) is 1. The number of piperidine rings is 1. The van der Waals surface area contributed by atoms with Crippen LogP contribution in [-0.4, -0.2) is 30.1 Å². The van der Waals surface area contributed by atoms with Gasteiger partial charge in [0.25, 0.3) is 5.91 Å². The number of anilines is 2. The molecular formula is C19H22ClN3O2. The van der Waals surface area contributed by atoms with Crippen LogP contribution in [0.1, 0.15) is 26.2 Å². The second-order valence-corrected chi connectivity index (χ2v) is 6.54. The molecule has 0 aliphatic carbocycles. The Bertz CT molecular complexity index is 715. The summed E-state index contributed by atoms with van der Waals surface area (Å²) in [5.41, 5.74) is 0.653. The molecule has 1 fully saturated rings. The van der Waals surface area contributed by atoms with Crippen molar-refractivity contribution in [1.82, 2.24) is 4.98 Å². The molecule has 0 saturated carbocycles. The number of carbonyl (C=O) groups is 1. The minimum Gasteiger partial charge on any atom is -0.479 e. The van der Waals surface area contributed by atoms with Crippen molar-refractivity contribution in [3.05, 3.63) is 47.6 Å². The average molecular weight is 360 g/mol. The first-order valence-corrected chi connectivity index (χ1v) is 8.94. The van der Waals surface area contributed by atoms with Gasteiger partial charge in [0.05, 0.1) is 16.9 Å². The van der Waals surface area contributed by atoms with Crippen LogP contribution in [0.4, 0.5) is 11.5 Å². The molecule has 1 aliphatic rings. The molecule has 0 spiro atoms. The van der Waals surface area contributed by atoms with E-state index in [1.165, 1.54) is 19.3 Å². The lowest BCUT2D eigenvalue weighted by atomic mass is 10.1. The van der Waals surface area contributed by atoms with E-state index >= 15 is 0 Å². The molecule has 3 rings (SSSR count). The van der Waals surface area contributed by atoms with Gasteiger partial charge in [-0.1, -0.05) is 23.7 Å². The zero-order valence-corrected chi connectivity index (χ0v) is 15.0. The number of nitrogens with one attached hydrogen (secondary N) is 1.